The highest BCUT2D eigenvalue weighted by molar-refractivity contribution is 4.84. The summed E-state index contributed by atoms with van der Waals surface area (Å²) in [5.41, 5.74) is 0. The SMILES string of the molecule is CCN(CCNC(C)CCC(C)C)C1CC1. The molecular formula is C14H30N2. The molecule has 0 aliphatic heterocycles. The molecule has 1 aliphatic carbocycles. The van der Waals surface area contributed by atoms with Crippen molar-refractivity contribution in [3.8, 4) is 0 Å². The fraction of sp³-hybridized carbons (Fsp3) is 1.00. The molecule has 1 atom stereocenters. The molecule has 1 fully saturated rings. The second-order valence-electron chi connectivity index (χ2n) is 5.69. The van der Waals surface area contributed by atoms with Gasteiger partial charge in [-0.05, 0) is 45.1 Å². The highest BCUT2D eigenvalue weighted by Crippen LogP contribution is 2.25. The van der Waals surface area contributed by atoms with Gasteiger partial charge in [0, 0.05) is 25.2 Å². The van der Waals surface area contributed by atoms with Crippen LogP contribution in [0.5, 0.6) is 0 Å². The van der Waals surface area contributed by atoms with E-state index in [0.29, 0.717) is 6.04 Å². The predicted molar refractivity (Wildman–Crippen MR) is 71.8 cm³/mol. The molecule has 0 aromatic rings. The fourth-order valence-corrected chi connectivity index (χ4v) is 2.18. The summed E-state index contributed by atoms with van der Waals surface area (Å²) in [6, 6.07) is 1.60. The van der Waals surface area contributed by atoms with E-state index in [-0.39, 0.29) is 0 Å². The Morgan fingerprint density at radius 3 is 2.38 bits per heavy atom. The summed E-state index contributed by atoms with van der Waals surface area (Å²) >= 11 is 0. The molecule has 0 aromatic heterocycles. The third-order valence-electron chi connectivity index (χ3n) is 3.54. The lowest BCUT2D eigenvalue weighted by molar-refractivity contribution is 0.271. The van der Waals surface area contributed by atoms with E-state index in [1.165, 1.54) is 38.8 Å². The van der Waals surface area contributed by atoms with Gasteiger partial charge < -0.3 is 5.32 Å². The molecule has 0 aromatic carbocycles. The first-order valence-electron chi connectivity index (χ1n) is 7.11. The van der Waals surface area contributed by atoms with Gasteiger partial charge in [-0.1, -0.05) is 20.8 Å². The minimum atomic E-state index is 0.681. The zero-order chi connectivity index (χ0) is 12.0. The maximum atomic E-state index is 3.64. The van der Waals surface area contributed by atoms with Crippen LogP contribution in [-0.4, -0.2) is 36.6 Å². The van der Waals surface area contributed by atoms with Gasteiger partial charge in [-0.15, -0.1) is 0 Å². The third kappa shape index (κ3) is 5.86. The van der Waals surface area contributed by atoms with Crippen molar-refractivity contribution in [3.63, 3.8) is 0 Å². The van der Waals surface area contributed by atoms with Crippen LogP contribution in [0.2, 0.25) is 0 Å². The lowest BCUT2D eigenvalue weighted by Gasteiger charge is -2.22. The summed E-state index contributed by atoms with van der Waals surface area (Å²) < 4.78 is 0. The van der Waals surface area contributed by atoms with E-state index in [1.54, 1.807) is 0 Å². The first kappa shape index (κ1) is 14.0. The van der Waals surface area contributed by atoms with Crippen molar-refractivity contribution in [1.82, 2.24) is 10.2 Å². The molecule has 16 heavy (non-hydrogen) atoms. The van der Waals surface area contributed by atoms with Gasteiger partial charge in [0.25, 0.3) is 0 Å². The Morgan fingerprint density at radius 1 is 1.19 bits per heavy atom. The quantitative estimate of drug-likeness (QED) is 0.650. The van der Waals surface area contributed by atoms with Gasteiger partial charge in [0.15, 0.2) is 0 Å². The molecule has 1 rings (SSSR count). The van der Waals surface area contributed by atoms with E-state index in [0.717, 1.165) is 18.5 Å². The first-order valence-corrected chi connectivity index (χ1v) is 7.11. The van der Waals surface area contributed by atoms with E-state index in [1.807, 2.05) is 0 Å². The summed E-state index contributed by atoms with van der Waals surface area (Å²) in [6.07, 6.45) is 5.51. The van der Waals surface area contributed by atoms with Crippen molar-refractivity contribution in [1.29, 1.82) is 0 Å². The molecule has 2 heteroatoms. The number of rotatable bonds is 9. The number of nitrogens with one attached hydrogen (secondary N) is 1. The molecule has 0 spiro atoms. The predicted octanol–water partition coefficient (Wildman–Crippen LogP) is 2.89. The highest BCUT2D eigenvalue weighted by Gasteiger charge is 2.27. The Morgan fingerprint density at radius 2 is 1.88 bits per heavy atom. The second-order valence-corrected chi connectivity index (χ2v) is 5.69. The normalized spacial score (nSPS) is 18.4. The summed E-state index contributed by atoms with van der Waals surface area (Å²) in [6.45, 7) is 12.8. The van der Waals surface area contributed by atoms with E-state index in [9.17, 15) is 0 Å². The Hall–Kier alpha value is -0.0800. The second kappa shape index (κ2) is 7.29. The van der Waals surface area contributed by atoms with Gasteiger partial charge in [-0.2, -0.15) is 0 Å². The molecule has 1 saturated carbocycles. The molecule has 0 bridgehead atoms. The highest BCUT2D eigenvalue weighted by atomic mass is 15.2. The standard InChI is InChI=1S/C14H30N2/c1-5-16(14-8-9-14)11-10-15-13(4)7-6-12(2)3/h12-15H,5-11H2,1-4H3. The minimum absolute atomic E-state index is 0.681. The van der Waals surface area contributed by atoms with Crippen molar-refractivity contribution in [2.75, 3.05) is 19.6 Å². The molecule has 1 unspecified atom stereocenters. The molecule has 0 heterocycles. The van der Waals surface area contributed by atoms with Crippen LogP contribution in [0.4, 0.5) is 0 Å². The third-order valence-corrected chi connectivity index (χ3v) is 3.54. The number of hydrogen-bond donors (Lipinski definition) is 1. The van der Waals surface area contributed by atoms with Crippen LogP contribution < -0.4 is 5.32 Å². The molecule has 0 amide bonds. The van der Waals surface area contributed by atoms with Crippen molar-refractivity contribution in [2.24, 2.45) is 5.92 Å². The van der Waals surface area contributed by atoms with Gasteiger partial charge in [0.2, 0.25) is 0 Å². The van der Waals surface area contributed by atoms with Crippen molar-refractivity contribution in [3.05, 3.63) is 0 Å². The van der Waals surface area contributed by atoms with Gasteiger partial charge in [-0.3, -0.25) is 4.90 Å². The topological polar surface area (TPSA) is 15.3 Å². The number of likely N-dealkylation sites (N-methyl/N-ethyl adjacent to an activating group) is 1. The van der Waals surface area contributed by atoms with E-state index in [2.05, 4.69) is 37.9 Å². The van der Waals surface area contributed by atoms with Gasteiger partial charge in [0.05, 0.1) is 0 Å². The van der Waals surface area contributed by atoms with Gasteiger partial charge in [0.1, 0.15) is 0 Å². The number of hydrogen-bond acceptors (Lipinski definition) is 2. The average molecular weight is 226 g/mol. The molecule has 1 N–H and O–H groups in total. The summed E-state index contributed by atoms with van der Waals surface area (Å²) in [7, 11) is 0. The van der Waals surface area contributed by atoms with Crippen LogP contribution in [0.1, 0.15) is 53.4 Å². The average Bonchev–Trinajstić information content (AvgIpc) is 3.05. The van der Waals surface area contributed by atoms with Gasteiger partial charge in [-0.25, -0.2) is 0 Å². The van der Waals surface area contributed by atoms with Crippen molar-refractivity contribution < 1.29 is 0 Å². The van der Waals surface area contributed by atoms with Crippen LogP contribution in [0.3, 0.4) is 0 Å². The lowest BCUT2D eigenvalue weighted by Crippen LogP contribution is -2.37. The van der Waals surface area contributed by atoms with Crippen LogP contribution >= 0.6 is 0 Å². The molecule has 0 radical (unpaired) electrons. The lowest BCUT2D eigenvalue weighted by atomic mass is 10.0. The zero-order valence-electron chi connectivity index (χ0n) is 11.6. The largest absolute Gasteiger partial charge is 0.313 e. The summed E-state index contributed by atoms with van der Waals surface area (Å²) in [5, 5.41) is 3.64. The first-order chi connectivity index (χ1) is 7.63. The zero-order valence-corrected chi connectivity index (χ0v) is 11.6. The monoisotopic (exact) mass is 226 g/mol. The number of nitrogens with zero attached hydrogens (tertiary/aromatic N) is 1. The van der Waals surface area contributed by atoms with Crippen molar-refractivity contribution in [2.45, 2.75) is 65.5 Å². The van der Waals surface area contributed by atoms with Crippen LogP contribution in [0, 0.1) is 5.92 Å². The van der Waals surface area contributed by atoms with E-state index in [4.69, 9.17) is 0 Å². The van der Waals surface area contributed by atoms with Crippen LogP contribution in [0.25, 0.3) is 0 Å². The molecule has 2 nitrogen and oxygen atoms in total. The van der Waals surface area contributed by atoms with E-state index >= 15 is 0 Å². The maximum Gasteiger partial charge on any atom is 0.0110 e. The van der Waals surface area contributed by atoms with Crippen molar-refractivity contribution >= 4 is 0 Å². The summed E-state index contributed by atoms with van der Waals surface area (Å²) in [5.74, 6) is 0.836. The Labute approximate surface area is 102 Å². The molecular weight excluding hydrogens is 196 g/mol. The Bertz CT molecular complexity index is 176. The molecule has 96 valence electrons. The smallest absolute Gasteiger partial charge is 0.0110 e. The Balaban J connectivity index is 2.00. The van der Waals surface area contributed by atoms with E-state index < -0.39 is 0 Å². The Kier molecular flexibility index (Phi) is 6.37. The fourth-order valence-electron chi connectivity index (χ4n) is 2.18. The molecule has 1 aliphatic rings. The molecule has 0 saturated heterocycles. The van der Waals surface area contributed by atoms with Crippen LogP contribution in [0.15, 0.2) is 0 Å². The van der Waals surface area contributed by atoms with Gasteiger partial charge >= 0.3 is 0 Å². The minimum Gasteiger partial charge on any atom is -0.313 e. The summed E-state index contributed by atoms with van der Waals surface area (Å²) in [4.78, 5) is 2.61. The maximum absolute atomic E-state index is 3.64. The van der Waals surface area contributed by atoms with Crippen LogP contribution in [-0.2, 0) is 0 Å².